The lowest BCUT2D eigenvalue weighted by Gasteiger charge is -2.17. The summed E-state index contributed by atoms with van der Waals surface area (Å²) in [5.74, 6) is -0.137. The summed E-state index contributed by atoms with van der Waals surface area (Å²) in [6.45, 7) is 2.69. The first-order valence-electron chi connectivity index (χ1n) is 5.61. The third-order valence-corrected chi connectivity index (χ3v) is 2.72. The van der Waals surface area contributed by atoms with E-state index in [4.69, 9.17) is 4.74 Å². The van der Waals surface area contributed by atoms with Crippen LogP contribution in [0.2, 0.25) is 0 Å². The second kappa shape index (κ2) is 6.61. The normalized spacial score (nSPS) is 12.8. The van der Waals surface area contributed by atoms with Crippen molar-refractivity contribution in [1.82, 2.24) is 5.32 Å². The molecule has 0 aromatic heterocycles. The van der Waals surface area contributed by atoms with Crippen LogP contribution in [0.15, 0.2) is 18.2 Å². The van der Waals surface area contributed by atoms with E-state index in [0.717, 1.165) is 24.0 Å². The van der Waals surface area contributed by atoms with Gasteiger partial charge in [0.25, 0.3) is 0 Å². The van der Waals surface area contributed by atoms with Gasteiger partial charge in [0.05, 0.1) is 0 Å². The molecule has 0 radical (unpaired) electrons. The molecule has 0 heterocycles. The highest BCUT2D eigenvalue weighted by molar-refractivity contribution is 5.26. The molecule has 0 saturated heterocycles. The number of hydrogen-bond acceptors (Lipinski definition) is 2. The Morgan fingerprint density at radius 3 is 2.81 bits per heavy atom. The zero-order valence-corrected chi connectivity index (χ0v) is 10.2. The predicted octanol–water partition coefficient (Wildman–Crippen LogP) is 2.82. The second-order valence-corrected chi connectivity index (χ2v) is 4.00. The van der Waals surface area contributed by atoms with Crippen molar-refractivity contribution in [3.8, 4) is 0 Å². The van der Waals surface area contributed by atoms with Crippen LogP contribution in [0.1, 0.15) is 30.0 Å². The number of methoxy groups -OCH3 is 1. The summed E-state index contributed by atoms with van der Waals surface area (Å²) < 4.78 is 18.6. The van der Waals surface area contributed by atoms with Crippen LogP contribution >= 0.6 is 0 Å². The van der Waals surface area contributed by atoms with E-state index in [1.165, 1.54) is 6.07 Å². The lowest BCUT2D eigenvalue weighted by atomic mass is 10.00. The molecule has 0 spiro atoms. The van der Waals surface area contributed by atoms with E-state index < -0.39 is 0 Å². The number of nitrogens with one attached hydrogen (secondary N) is 1. The van der Waals surface area contributed by atoms with Crippen LogP contribution in [0.25, 0.3) is 0 Å². The Bertz CT molecular complexity index is 328. The molecule has 0 aliphatic carbocycles. The Kier molecular flexibility index (Phi) is 5.43. The molecule has 0 aliphatic heterocycles. The molecule has 1 unspecified atom stereocenters. The fourth-order valence-electron chi connectivity index (χ4n) is 1.82. The largest absolute Gasteiger partial charge is 0.385 e. The maximum absolute atomic E-state index is 13.6. The van der Waals surface area contributed by atoms with E-state index in [9.17, 15) is 4.39 Å². The van der Waals surface area contributed by atoms with Gasteiger partial charge >= 0.3 is 0 Å². The zero-order valence-electron chi connectivity index (χ0n) is 10.2. The van der Waals surface area contributed by atoms with E-state index in [-0.39, 0.29) is 11.9 Å². The molecular formula is C13H20FNO. The zero-order chi connectivity index (χ0) is 12.0. The minimum Gasteiger partial charge on any atom is -0.385 e. The number of halogens is 1. The van der Waals surface area contributed by atoms with Gasteiger partial charge in [0.1, 0.15) is 5.82 Å². The van der Waals surface area contributed by atoms with Crippen molar-refractivity contribution < 1.29 is 9.13 Å². The Morgan fingerprint density at radius 1 is 1.44 bits per heavy atom. The predicted molar refractivity (Wildman–Crippen MR) is 64.0 cm³/mol. The van der Waals surface area contributed by atoms with E-state index in [1.807, 2.05) is 20.0 Å². The van der Waals surface area contributed by atoms with Gasteiger partial charge in [0.15, 0.2) is 0 Å². The van der Waals surface area contributed by atoms with Gasteiger partial charge in [-0.05, 0) is 32.9 Å². The lowest BCUT2D eigenvalue weighted by Crippen LogP contribution is -2.18. The van der Waals surface area contributed by atoms with Gasteiger partial charge in [-0.1, -0.05) is 17.7 Å². The third kappa shape index (κ3) is 3.58. The highest BCUT2D eigenvalue weighted by Gasteiger charge is 2.13. The summed E-state index contributed by atoms with van der Waals surface area (Å²) >= 11 is 0. The van der Waals surface area contributed by atoms with Crippen molar-refractivity contribution in [3.63, 3.8) is 0 Å². The number of ether oxygens (including phenoxy) is 1. The fourth-order valence-corrected chi connectivity index (χ4v) is 1.82. The van der Waals surface area contributed by atoms with Crippen molar-refractivity contribution in [2.24, 2.45) is 0 Å². The van der Waals surface area contributed by atoms with E-state index in [0.29, 0.717) is 6.61 Å². The van der Waals surface area contributed by atoms with Crippen molar-refractivity contribution in [2.75, 3.05) is 20.8 Å². The Hall–Kier alpha value is -0.930. The quantitative estimate of drug-likeness (QED) is 0.752. The second-order valence-electron chi connectivity index (χ2n) is 4.00. The number of aryl methyl sites for hydroxylation is 1. The van der Waals surface area contributed by atoms with Crippen LogP contribution in [-0.4, -0.2) is 20.8 Å². The van der Waals surface area contributed by atoms with Crippen molar-refractivity contribution in [1.29, 1.82) is 0 Å². The molecule has 1 atom stereocenters. The summed E-state index contributed by atoms with van der Waals surface area (Å²) in [6.07, 6.45) is 1.81. The van der Waals surface area contributed by atoms with Gasteiger partial charge in [0.2, 0.25) is 0 Å². The molecule has 90 valence electrons. The van der Waals surface area contributed by atoms with Gasteiger partial charge in [0, 0.05) is 25.3 Å². The van der Waals surface area contributed by atoms with Gasteiger partial charge in [-0.2, -0.15) is 0 Å². The highest BCUT2D eigenvalue weighted by Crippen LogP contribution is 2.22. The molecule has 2 nitrogen and oxygen atoms in total. The first-order valence-corrected chi connectivity index (χ1v) is 5.61. The van der Waals surface area contributed by atoms with Crippen molar-refractivity contribution in [2.45, 2.75) is 25.8 Å². The fraction of sp³-hybridized carbons (Fsp3) is 0.538. The van der Waals surface area contributed by atoms with Crippen LogP contribution in [0.3, 0.4) is 0 Å². The molecule has 0 fully saturated rings. The maximum Gasteiger partial charge on any atom is 0.127 e. The molecular weight excluding hydrogens is 205 g/mol. The minimum absolute atomic E-state index is 0.0649. The lowest BCUT2D eigenvalue weighted by molar-refractivity contribution is 0.189. The van der Waals surface area contributed by atoms with Crippen molar-refractivity contribution in [3.05, 3.63) is 35.1 Å². The van der Waals surface area contributed by atoms with Gasteiger partial charge < -0.3 is 10.1 Å². The Balaban J connectivity index is 2.73. The smallest absolute Gasteiger partial charge is 0.127 e. The van der Waals surface area contributed by atoms with E-state index >= 15 is 0 Å². The summed E-state index contributed by atoms with van der Waals surface area (Å²) in [5, 5.41) is 3.15. The highest BCUT2D eigenvalue weighted by atomic mass is 19.1. The van der Waals surface area contributed by atoms with Crippen LogP contribution in [0.4, 0.5) is 4.39 Å². The monoisotopic (exact) mass is 225 g/mol. The molecule has 3 heteroatoms. The number of benzene rings is 1. The Morgan fingerprint density at radius 2 is 2.19 bits per heavy atom. The molecule has 0 aliphatic rings. The maximum atomic E-state index is 13.6. The standard InChI is InChI=1S/C13H20FNO/c1-10-6-7-12(14)11(9-10)13(15-2)5-4-8-16-3/h6-7,9,13,15H,4-5,8H2,1-3H3. The van der Waals surface area contributed by atoms with Gasteiger partial charge in [-0.3, -0.25) is 0 Å². The summed E-state index contributed by atoms with van der Waals surface area (Å²) in [4.78, 5) is 0. The summed E-state index contributed by atoms with van der Waals surface area (Å²) in [5.41, 5.74) is 1.84. The van der Waals surface area contributed by atoms with Gasteiger partial charge in [-0.15, -0.1) is 0 Å². The molecule has 0 amide bonds. The molecule has 1 aromatic carbocycles. The first-order chi connectivity index (χ1) is 7.69. The first kappa shape index (κ1) is 13.1. The van der Waals surface area contributed by atoms with E-state index in [1.54, 1.807) is 13.2 Å². The van der Waals surface area contributed by atoms with Gasteiger partial charge in [-0.25, -0.2) is 4.39 Å². The molecule has 0 bridgehead atoms. The summed E-state index contributed by atoms with van der Waals surface area (Å²) in [7, 11) is 3.54. The third-order valence-electron chi connectivity index (χ3n) is 2.72. The minimum atomic E-state index is -0.137. The van der Waals surface area contributed by atoms with Crippen molar-refractivity contribution >= 4 is 0 Å². The SMILES string of the molecule is CNC(CCCOC)c1cc(C)ccc1F. The van der Waals surface area contributed by atoms with E-state index in [2.05, 4.69) is 5.32 Å². The number of rotatable bonds is 6. The average Bonchev–Trinajstić information content (AvgIpc) is 2.28. The molecule has 16 heavy (non-hydrogen) atoms. The number of hydrogen-bond donors (Lipinski definition) is 1. The molecule has 0 saturated carbocycles. The van der Waals surface area contributed by atoms with Crippen LogP contribution in [0, 0.1) is 12.7 Å². The molecule has 1 aromatic rings. The molecule has 1 N–H and O–H groups in total. The summed E-state index contributed by atoms with van der Waals surface area (Å²) in [6, 6.07) is 5.30. The van der Waals surface area contributed by atoms with Crippen LogP contribution in [-0.2, 0) is 4.74 Å². The average molecular weight is 225 g/mol. The van der Waals surface area contributed by atoms with Crippen LogP contribution < -0.4 is 5.32 Å². The Labute approximate surface area is 96.8 Å². The topological polar surface area (TPSA) is 21.3 Å². The van der Waals surface area contributed by atoms with Crippen LogP contribution in [0.5, 0.6) is 0 Å². The molecule has 1 rings (SSSR count).